The van der Waals surface area contributed by atoms with Crippen LogP contribution < -0.4 is 15.8 Å². The Kier molecular flexibility index (Phi) is 4.62. The van der Waals surface area contributed by atoms with Crippen LogP contribution in [0.3, 0.4) is 0 Å². The number of nitrogens with two attached hydrogens (primary N) is 1. The van der Waals surface area contributed by atoms with Crippen LogP contribution in [-0.2, 0) is 17.6 Å². The zero-order chi connectivity index (χ0) is 16.4. The molecule has 23 heavy (non-hydrogen) atoms. The summed E-state index contributed by atoms with van der Waals surface area (Å²) in [5.41, 5.74) is 9.14. The molecular formula is C19H28N2O2. The summed E-state index contributed by atoms with van der Waals surface area (Å²) in [6.07, 6.45) is 6.94. The number of nitrogens with one attached hydrogen (secondary N) is 1. The van der Waals surface area contributed by atoms with E-state index >= 15 is 0 Å². The zero-order valence-electron chi connectivity index (χ0n) is 14.3. The number of ether oxygens (including phenoxy) is 1. The van der Waals surface area contributed by atoms with Gasteiger partial charge in [-0.3, -0.25) is 4.79 Å². The van der Waals surface area contributed by atoms with Gasteiger partial charge in [-0.1, -0.05) is 6.07 Å². The lowest BCUT2D eigenvalue weighted by Crippen LogP contribution is -2.41. The van der Waals surface area contributed by atoms with E-state index in [9.17, 15) is 4.79 Å². The predicted molar refractivity (Wildman–Crippen MR) is 91.5 cm³/mol. The second kappa shape index (κ2) is 6.52. The zero-order valence-corrected chi connectivity index (χ0v) is 14.3. The van der Waals surface area contributed by atoms with Crippen molar-refractivity contribution < 1.29 is 9.53 Å². The number of rotatable bonds is 4. The van der Waals surface area contributed by atoms with Crippen LogP contribution >= 0.6 is 0 Å². The summed E-state index contributed by atoms with van der Waals surface area (Å²) < 4.78 is 5.99. The van der Waals surface area contributed by atoms with Gasteiger partial charge < -0.3 is 15.8 Å². The molecule has 0 aromatic heterocycles. The van der Waals surface area contributed by atoms with Crippen molar-refractivity contribution in [2.45, 2.75) is 58.4 Å². The van der Waals surface area contributed by atoms with Gasteiger partial charge >= 0.3 is 0 Å². The highest BCUT2D eigenvalue weighted by Gasteiger charge is 2.28. The molecule has 4 heteroatoms. The van der Waals surface area contributed by atoms with Crippen LogP contribution in [0.1, 0.15) is 62.3 Å². The Morgan fingerprint density at radius 1 is 1.26 bits per heavy atom. The number of fused-ring (bicyclic) bond motifs is 2. The van der Waals surface area contributed by atoms with Crippen LogP contribution in [0, 0.1) is 5.41 Å². The average molecular weight is 316 g/mol. The topological polar surface area (TPSA) is 64.3 Å². The standard InChI is InChI=1S/C19H28N2O2/c1-19(2,18(20)22)12-21-16-8-5-9-23-17-11-14-7-4-3-6-13(14)10-15(16)17/h10-11,16,21H,3-9,12H2,1-2H3,(H2,20,22). The molecule has 0 bridgehead atoms. The Bertz CT molecular complexity index is 595. The molecule has 1 aromatic carbocycles. The lowest BCUT2D eigenvalue weighted by atomic mass is 9.87. The normalized spacial score (nSPS) is 20.9. The third kappa shape index (κ3) is 3.52. The molecule has 0 radical (unpaired) electrons. The Hall–Kier alpha value is -1.55. The fraction of sp³-hybridized carbons (Fsp3) is 0.632. The van der Waals surface area contributed by atoms with Gasteiger partial charge in [0, 0.05) is 18.2 Å². The lowest BCUT2D eigenvalue weighted by Gasteiger charge is -2.27. The molecule has 1 aliphatic carbocycles. The van der Waals surface area contributed by atoms with Gasteiger partial charge in [0.25, 0.3) is 0 Å². The maximum atomic E-state index is 11.6. The summed E-state index contributed by atoms with van der Waals surface area (Å²) in [6.45, 7) is 5.14. The van der Waals surface area contributed by atoms with E-state index in [0.29, 0.717) is 6.54 Å². The Balaban J connectivity index is 1.84. The van der Waals surface area contributed by atoms with Crippen LogP contribution in [0.4, 0.5) is 0 Å². The molecule has 1 aromatic rings. The molecule has 3 rings (SSSR count). The summed E-state index contributed by atoms with van der Waals surface area (Å²) in [4.78, 5) is 11.6. The highest BCUT2D eigenvalue weighted by atomic mass is 16.5. The van der Waals surface area contributed by atoms with Crippen LogP contribution in [0.2, 0.25) is 0 Å². The minimum Gasteiger partial charge on any atom is -0.493 e. The number of carbonyl (C=O) groups excluding carboxylic acids is 1. The van der Waals surface area contributed by atoms with E-state index in [4.69, 9.17) is 10.5 Å². The molecule has 126 valence electrons. The van der Waals surface area contributed by atoms with Crippen molar-refractivity contribution in [1.82, 2.24) is 5.32 Å². The van der Waals surface area contributed by atoms with Crippen molar-refractivity contribution in [3.63, 3.8) is 0 Å². The molecular weight excluding hydrogens is 288 g/mol. The SMILES string of the molecule is CC(C)(CNC1CCCOc2cc3c(cc21)CCCC3)C(N)=O. The molecule has 0 fully saturated rings. The third-order valence-electron chi connectivity index (χ3n) is 5.20. The largest absolute Gasteiger partial charge is 0.493 e. The van der Waals surface area contributed by atoms with Gasteiger partial charge in [-0.05, 0) is 69.6 Å². The monoisotopic (exact) mass is 316 g/mol. The van der Waals surface area contributed by atoms with Crippen LogP contribution in [0.15, 0.2) is 12.1 Å². The average Bonchev–Trinajstić information content (AvgIpc) is 2.72. The van der Waals surface area contributed by atoms with Crippen molar-refractivity contribution in [2.24, 2.45) is 11.1 Å². The van der Waals surface area contributed by atoms with Gasteiger partial charge in [0.1, 0.15) is 5.75 Å². The molecule has 4 nitrogen and oxygen atoms in total. The number of carbonyl (C=O) groups is 1. The Morgan fingerprint density at radius 3 is 2.65 bits per heavy atom. The first kappa shape index (κ1) is 16.3. The van der Waals surface area contributed by atoms with E-state index < -0.39 is 5.41 Å². The molecule has 0 saturated heterocycles. The molecule has 3 N–H and O–H groups in total. The fourth-order valence-corrected chi connectivity index (χ4v) is 3.48. The Labute approximate surface area is 138 Å². The molecule has 1 aliphatic heterocycles. The number of aryl methyl sites for hydroxylation is 2. The van der Waals surface area contributed by atoms with E-state index in [-0.39, 0.29) is 11.9 Å². The van der Waals surface area contributed by atoms with Gasteiger partial charge in [0.15, 0.2) is 0 Å². The minimum absolute atomic E-state index is 0.235. The first-order chi connectivity index (χ1) is 11.0. The number of primary amides is 1. The maximum absolute atomic E-state index is 11.6. The van der Waals surface area contributed by atoms with Crippen molar-refractivity contribution in [3.8, 4) is 5.75 Å². The molecule has 1 amide bonds. The number of hydrogen-bond acceptors (Lipinski definition) is 3. The molecule has 2 aliphatic rings. The highest BCUT2D eigenvalue weighted by Crippen LogP contribution is 2.36. The number of benzene rings is 1. The van der Waals surface area contributed by atoms with E-state index in [1.54, 1.807) is 0 Å². The maximum Gasteiger partial charge on any atom is 0.224 e. The first-order valence-electron chi connectivity index (χ1n) is 8.79. The van der Waals surface area contributed by atoms with Crippen molar-refractivity contribution in [3.05, 3.63) is 28.8 Å². The second-order valence-corrected chi connectivity index (χ2v) is 7.54. The van der Waals surface area contributed by atoms with Gasteiger partial charge in [0.2, 0.25) is 5.91 Å². The van der Waals surface area contributed by atoms with Crippen molar-refractivity contribution in [2.75, 3.05) is 13.2 Å². The summed E-state index contributed by atoms with van der Waals surface area (Å²) in [6, 6.07) is 4.82. The smallest absolute Gasteiger partial charge is 0.224 e. The number of hydrogen-bond donors (Lipinski definition) is 2. The minimum atomic E-state index is -0.540. The van der Waals surface area contributed by atoms with Gasteiger partial charge in [-0.2, -0.15) is 0 Å². The predicted octanol–water partition coefficient (Wildman–Crippen LogP) is 2.88. The van der Waals surface area contributed by atoms with Crippen molar-refractivity contribution in [1.29, 1.82) is 0 Å². The Morgan fingerprint density at radius 2 is 1.96 bits per heavy atom. The summed E-state index contributed by atoms with van der Waals surface area (Å²) in [5, 5.41) is 3.57. The lowest BCUT2D eigenvalue weighted by molar-refractivity contribution is -0.125. The fourth-order valence-electron chi connectivity index (χ4n) is 3.48. The van der Waals surface area contributed by atoms with Crippen LogP contribution in [-0.4, -0.2) is 19.1 Å². The van der Waals surface area contributed by atoms with Gasteiger partial charge in [-0.15, -0.1) is 0 Å². The van der Waals surface area contributed by atoms with E-state index in [1.807, 2.05) is 13.8 Å². The number of amides is 1. The molecule has 0 spiro atoms. The third-order valence-corrected chi connectivity index (χ3v) is 5.20. The van der Waals surface area contributed by atoms with Crippen LogP contribution in [0.25, 0.3) is 0 Å². The first-order valence-corrected chi connectivity index (χ1v) is 8.79. The van der Waals surface area contributed by atoms with E-state index in [0.717, 1.165) is 25.2 Å². The summed E-state index contributed by atoms with van der Waals surface area (Å²) in [7, 11) is 0. The van der Waals surface area contributed by atoms with Crippen LogP contribution in [0.5, 0.6) is 5.75 Å². The quantitative estimate of drug-likeness (QED) is 0.898. The molecule has 1 unspecified atom stereocenters. The van der Waals surface area contributed by atoms with E-state index in [1.165, 1.54) is 42.4 Å². The van der Waals surface area contributed by atoms with Crippen molar-refractivity contribution >= 4 is 5.91 Å². The summed E-state index contributed by atoms with van der Waals surface area (Å²) >= 11 is 0. The highest BCUT2D eigenvalue weighted by molar-refractivity contribution is 5.80. The van der Waals surface area contributed by atoms with Gasteiger partial charge in [0.05, 0.1) is 12.0 Å². The van der Waals surface area contributed by atoms with E-state index in [2.05, 4.69) is 17.4 Å². The second-order valence-electron chi connectivity index (χ2n) is 7.54. The molecule has 1 atom stereocenters. The summed E-state index contributed by atoms with van der Waals surface area (Å²) in [5.74, 6) is 0.762. The molecule has 0 saturated carbocycles. The molecule has 1 heterocycles. The van der Waals surface area contributed by atoms with Gasteiger partial charge in [-0.25, -0.2) is 0 Å².